The van der Waals surface area contributed by atoms with E-state index >= 15 is 0 Å². The molecule has 0 radical (unpaired) electrons. The Morgan fingerprint density at radius 3 is 2.28 bits per heavy atom. The van der Waals surface area contributed by atoms with Gasteiger partial charge in [0.2, 0.25) is 0 Å². The van der Waals surface area contributed by atoms with E-state index in [-0.39, 0.29) is 24.8 Å². The quantitative estimate of drug-likeness (QED) is 0.482. The molecule has 7 heteroatoms. The molecule has 166 valence electrons. The fourth-order valence-electron chi connectivity index (χ4n) is 3.28. The summed E-state index contributed by atoms with van der Waals surface area (Å²) in [7, 11) is 0. The van der Waals surface area contributed by atoms with Crippen LogP contribution >= 0.6 is 0 Å². The minimum atomic E-state index is -0.813. The third-order valence-electron chi connectivity index (χ3n) is 5.19. The molecule has 0 saturated heterocycles. The van der Waals surface area contributed by atoms with Gasteiger partial charge in [0, 0.05) is 19.3 Å². The Morgan fingerprint density at radius 1 is 1.00 bits per heavy atom. The maximum Gasteiger partial charge on any atom is 0.318 e. The zero-order valence-corrected chi connectivity index (χ0v) is 18.1. The highest BCUT2D eigenvalue weighted by molar-refractivity contribution is 5.90. The van der Waals surface area contributed by atoms with Crippen LogP contribution in [0.5, 0.6) is 0 Å². The number of nitrogens with one attached hydrogen (secondary N) is 1. The molecule has 0 spiro atoms. The van der Waals surface area contributed by atoms with Crippen molar-refractivity contribution in [2.24, 2.45) is 5.73 Å². The molecule has 2 aromatic carbocycles. The monoisotopic (exact) mass is 432 g/mol. The molecule has 32 heavy (non-hydrogen) atoms. The zero-order chi connectivity index (χ0) is 22.9. The van der Waals surface area contributed by atoms with Gasteiger partial charge in [-0.05, 0) is 34.7 Å². The van der Waals surface area contributed by atoms with E-state index in [4.69, 9.17) is 5.73 Å². The smallest absolute Gasteiger partial charge is 0.318 e. The molecular weight excluding hydrogens is 404 g/mol. The molecule has 0 bridgehead atoms. The van der Waals surface area contributed by atoms with Gasteiger partial charge in [0.1, 0.15) is 5.69 Å². The number of rotatable bonds is 9. The molecule has 4 N–H and O–H groups in total. The maximum atomic E-state index is 13.0. The summed E-state index contributed by atoms with van der Waals surface area (Å²) in [6, 6.07) is 20.3. The molecule has 1 aromatic heterocycles. The van der Waals surface area contributed by atoms with Crippen LogP contribution in [0.15, 0.2) is 72.9 Å². The van der Waals surface area contributed by atoms with Gasteiger partial charge in [-0.15, -0.1) is 0 Å². The first kappa shape index (κ1) is 23.0. The van der Waals surface area contributed by atoms with Crippen molar-refractivity contribution in [1.29, 1.82) is 0 Å². The fraction of sp³-hybridized carbons (Fsp3) is 0.240. The van der Waals surface area contributed by atoms with Crippen LogP contribution < -0.4 is 11.1 Å². The molecule has 1 atom stereocenters. The van der Waals surface area contributed by atoms with E-state index in [1.54, 1.807) is 11.0 Å². The van der Waals surface area contributed by atoms with Gasteiger partial charge in [0.25, 0.3) is 5.91 Å². The van der Waals surface area contributed by atoms with Gasteiger partial charge >= 0.3 is 6.03 Å². The number of primary amides is 1. The SMILES string of the molecule is CCc1ccc(C(O)CN(Cc2ccccc2)C(=O)NCc2ccc(C(N)=O)nc2)cc1. The van der Waals surface area contributed by atoms with Crippen molar-refractivity contribution in [3.05, 3.63) is 101 Å². The summed E-state index contributed by atoms with van der Waals surface area (Å²) in [6.45, 7) is 2.81. The highest BCUT2D eigenvalue weighted by Gasteiger charge is 2.19. The topological polar surface area (TPSA) is 109 Å². The van der Waals surface area contributed by atoms with Gasteiger partial charge in [0.15, 0.2) is 0 Å². The number of urea groups is 1. The second-order valence-corrected chi connectivity index (χ2v) is 7.55. The van der Waals surface area contributed by atoms with E-state index in [1.807, 2.05) is 54.6 Å². The number of nitrogens with two attached hydrogens (primary N) is 1. The van der Waals surface area contributed by atoms with Crippen molar-refractivity contribution in [2.45, 2.75) is 32.5 Å². The van der Waals surface area contributed by atoms with Crippen LogP contribution in [0.25, 0.3) is 0 Å². The normalized spacial score (nSPS) is 11.6. The summed E-state index contributed by atoms with van der Waals surface area (Å²) < 4.78 is 0. The van der Waals surface area contributed by atoms with Crippen LogP contribution in [0.1, 0.15) is 45.8 Å². The third kappa shape index (κ3) is 6.39. The molecular formula is C25H28N4O3. The van der Waals surface area contributed by atoms with Crippen LogP contribution in [0.4, 0.5) is 4.79 Å². The number of carbonyl (C=O) groups is 2. The van der Waals surface area contributed by atoms with Crippen LogP contribution in [0, 0.1) is 0 Å². The Labute approximate surface area is 187 Å². The number of aliphatic hydroxyl groups excluding tert-OH is 1. The second-order valence-electron chi connectivity index (χ2n) is 7.55. The summed E-state index contributed by atoms with van der Waals surface area (Å²) >= 11 is 0. The number of carbonyl (C=O) groups excluding carboxylic acids is 2. The largest absolute Gasteiger partial charge is 0.387 e. The van der Waals surface area contributed by atoms with Crippen LogP contribution in [-0.4, -0.2) is 33.5 Å². The molecule has 7 nitrogen and oxygen atoms in total. The van der Waals surface area contributed by atoms with Crippen molar-refractivity contribution in [3.8, 4) is 0 Å². The molecule has 0 aliphatic rings. The van der Waals surface area contributed by atoms with E-state index < -0.39 is 12.0 Å². The number of nitrogens with zero attached hydrogens (tertiary/aromatic N) is 2. The maximum absolute atomic E-state index is 13.0. The number of hydrogen-bond acceptors (Lipinski definition) is 4. The Kier molecular flexibility index (Phi) is 7.94. The van der Waals surface area contributed by atoms with Gasteiger partial charge in [-0.2, -0.15) is 0 Å². The lowest BCUT2D eigenvalue weighted by Crippen LogP contribution is -2.41. The predicted octanol–water partition coefficient (Wildman–Crippen LogP) is 3.19. The number of amides is 3. The molecule has 3 aromatic rings. The molecule has 0 saturated carbocycles. The predicted molar refractivity (Wildman–Crippen MR) is 123 cm³/mol. The molecule has 3 rings (SSSR count). The molecule has 0 aliphatic heterocycles. The van der Waals surface area contributed by atoms with E-state index in [0.29, 0.717) is 6.54 Å². The summed E-state index contributed by atoms with van der Waals surface area (Å²) in [6.07, 6.45) is 1.62. The van der Waals surface area contributed by atoms with Gasteiger partial charge in [-0.1, -0.05) is 67.6 Å². The highest BCUT2D eigenvalue weighted by atomic mass is 16.3. The number of pyridine rings is 1. The fourth-order valence-corrected chi connectivity index (χ4v) is 3.28. The number of benzene rings is 2. The van der Waals surface area contributed by atoms with Crippen molar-refractivity contribution >= 4 is 11.9 Å². The highest BCUT2D eigenvalue weighted by Crippen LogP contribution is 2.17. The zero-order valence-electron chi connectivity index (χ0n) is 18.1. The van der Waals surface area contributed by atoms with Crippen molar-refractivity contribution in [1.82, 2.24) is 15.2 Å². The average Bonchev–Trinajstić information content (AvgIpc) is 2.83. The summed E-state index contributed by atoms with van der Waals surface area (Å²) in [5.74, 6) is -0.601. The molecule has 0 fully saturated rings. The van der Waals surface area contributed by atoms with E-state index in [0.717, 1.165) is 23.1 Å². The number of aromatic nitrogens is 1. The lowest BCUT2D eigenvalue weighted by molar-refractivity contribution is 0.0995. The lowest BCUT2D eigenvalue weighted by atomic mass is 10.1. The van der Waals surface area contributed by atoms with E-state index in [9.17, 15) is 14.7 Å². The minimum Gasteiger partial charge on any atom is -0.387 e. The van der Waals surface area contributed by atoms with Crippen molar-refractivity contribution in [3.63, 3.8) is 0 Å². The summed E-state index contributed by atoms with van der Waals surface area (Å²) in [5, 5.41) is 13.6. The summed E-state index contributed by atoms with van der Waals surface area (Å²) in [5.41, 5.74) is 9.03. The van der Waals surface area contributed by atoms with Gasteiger partial charge < -0.3 is 21.1 Å². The number of aliphatic hydroxyl groups is 1. The average molecular weight is 433 g/mol. The molecule has 1 heterocycles. The first-order valence-corrected chi connectivity index (χ1v) is 10.5. The Morgan fingerprint density at radius 2 is 1.69 bits per heavy atom. The Balaban J connectivity index is 1.69. The minimum absolute atomic E-state index is 0.144. The Hall–Kier alpha value is -3.71. The van der Waals surface area contributed by atoms with E-state index in [1.165, 1.54) is 17.8 Å². The second kappa shape index (κ2) is 11.1. The van der Waals surface area contributed by atoms with Gasteiger partial charge in [-0.3, -0.25) is 9.78 Å². The van der Waals surface area contributed by atoms with Gasteiger partial charge in [-0.25, -0.2) is 4.79 Å². The van der Waals surface area contributed by atoms with Crippen LogP contribution in [-0.2, 0) is 19.5 Å². The first-order valence-electron chi connectivity index (χ1n) is 10.5. The number of aryl methyl sites for hydroxylation is 1. The molecule has 3 amide bonds. The van der Waals surface area contributed by atoms with Crippen molar-refractivity contribution < 1.29 is 14.7 Å². The third-order valence-corrected chi connectivity index (χ3v) is 5.19. The summed E-state index contributed by atoms with van der Waals surface area (Å²) in [4.78, 5) is 29.7. The first-order chi connectivity index (χ1) is 15.5. The van der Waals surface area contributed by atoms with Gasteiger partial charge in [0.05, 0.1) is 12.6 Å². The standard InChI is InChI=1S/C25H28N4O3/c1-2-18-8-11-21(12-9-18)23(30)17-29(16-19-6-4-3-5-7-19)25(32)28-15-20-10-13-22(24(26)31)27-14-20/h3-14,23,30H,2,15-17H2,1H3,(H2,26,31)(H,28,32). The van der Waals surface area contributed by atoms with E-state index in [2.05, 4.69) is 17.2 Å². The Bertz CT molecular complexity index is 1020. The molecule has 0 aliphatic carbocycles. The number of hydrogen-bond donors (Lipinski definition) is 3. The van der Waals surface area contributed by atoms with Crippen LogP contribution in [0.2, 0.25) is 0 Å². The lowest BCUT2D eigenvalue weighted by Gasteiger charge is -2.26. The van der Waals surface area contributed by atoms with Crippen LogP contribution in [0.3, 0.4) is 0 Å². The van der Waals surface area contributed by atoms with Crippen molar-refractivity contribution in [2.75, 3.05) is 6.54 Å². The molecule has 1 unspecified atom stereocenters.